The van der Waals surface area contributed by atoms with Gasteiger partial charge >= 0.3 is 0 Å². The van der Waals surface area contributed by atoms with E-state index in [0.29, 0.717) is 0 Å². The van der Waals surface area contributed by atoms with Gasteiger partial charge in [0.25, 0.3) is 0 Å². The molecule has 0 aromatic rings. The summed E-state index contributed by atoms with van der Waals surface area (Å²) < 4.78 is 0. The molecular formula is C12H27NO. The predicted molar refractivity (Wildman–Crippen MR) is 62.0 cm³/mol. The van der Waals surface area contributed by atoms with E-state index in [9.17, 15) is 5.11 Å². The standard InChI is InChI=1S/C12H27NO/c1-3-4-5-6-7-8-9-10-11-12(2,13)14/h14H,3-11,13H2,1-2H3. The van der Waals surface area contributed by atoms with Crippen LogP contribution in [0.3, 0.4) is 0 Å². The normalized spacial score (nSPS) is 15.4. The smallest absolute Gasteiger partial charge is 0.110 e. The quantitative estimate of drug-likeness (QED) is 0.444. The van der Waals surface area contributed by atoms with Gasteiger partial charge in [-0.1, -0.05) is 51.9 Å². The Morgan fingerprint density at radius 1 is 0.929 bits per heavy atom. The summed E-state index contributed by atoms with van der Waals surface area (Å²) in [5.41, 5.74) is 4.52. The minimum absolute atomic E-state index is 0.724. The molecule has 0 aliphatic rings. The summed E-state index contributed by atoms with van der Waals surface area (Å²) in [6.07, 6.45) is 11.1. The first-order valence-corrected chi connectivity index (χ1v) is 6.07. The molecule has 0 aliphatic heterocycles. The van der Waals surface area contributed by atoms with E-state index in [1.54, 1.807) is 6.92 Å². The van der Waals surface area contributed by atoms with Crippen molar-refractivity contribution in [3.63, 3.8) is 0 Å². The van der Waals surface area contributed by atoms with Gasteiger partial charge in [-0.2, -0.15) is 0 Å². The van der Waals surface area contributed by atoms with Crippen LogP contribution in [0.2, 0.25) is 0 Å². The van der Waals surface area contributed by atoms with E-state index >= 15 is 0 Å². The molecule has 0 bridgehead atoms. The third-order valence-electron chi connectivity index (χ3n) is 2.54. The van der Waals surface area contributed by atoms with Crippen molar-refractivity contribution in [2.45, 2.75) is 77.4 Å². The highest BCUT2D eigenvalue weighted by molar-refractivity contribution is 4.62. The second-order valence-corrected chi connectivity index (χ2v) is 4.58. The summed E-state index contributed by atoms with van der Waals surface area (Å²) in [5.74, 6) is 0. The zero-order valence-corrected chi connectivity index (χ0v) is 9.89. The lowest BCUT2D eigenvalue weighted by molar-refractivity contribution is 0.0550. The third-order valence-corrected chi connectivity index (χ3v) is 2.54. The van der Waals surface area contributed by atoms with Gasteiger partial charge in [-0.3, -0.25) is 0 Å². The molecule has 3 N–H and O–H groups in total. The van der Waals surface area contributed by atoms with Crippen LogP contribution in [-0.2, 0) is 0 Å². The van der Waals surface area contributed by atoms with Gasteiger partial charge in [-0.25, -0.2) is 0 Å². The average Bonchev–Trinajstić information content (AvgIpc) is 2.08. The summed E-state index contributed by atoms with van der Waals surface area (Å²) in [6.45, 7) is 3.91. The second-order valence-electron chi connectivity index (χ2n) is 4.58. The number of hydrogen-bond acceptors (Lipinski definition) is 2. The van der Waals surface area contributed by atoms with E-state index in [-0.39, 0.29) is 0 Å². The zero-order chi connectivity index (χ0) is 10.9. The Bertz CT molecular complexity index is 118. The summed E-state index contributed by atoms with van der Waals surface area (Å²) in [5, 5.41) is 9.27. The first kappa shape index (κ1) is 13.9. The van der Waals surface area contributed by atoms with Crippen LogP contribution in [0.4, 0.5) is 0 Å². The molecule has 86 valence electrons. The van der Waals surface area contributed by atoms with E-state index in [0.717, 1.165) is 12.8 Å². The van der Waals surface area contributed by atoms with E-state index in [4.69, 9.17) is 5.73 Å². The Morgan fingerprint density at radius 3 is 1.79 bits per heavy atom. The van der Waals surface area contributed by atoms with Crippen LogP contribution < -0.4 is 5.73 Å². The predicted octanol–water partition coefficient (Wildman–Crippen LogP) is 3.18. The van der Waals surface area contributed by atoms with Crippen LogP contribution in [0, 0.1) is 0 Å². The largest absolute Gasteiger partial charge is 0.376 e. The number of hydrogen-bond donors (Lipinski definition) is 2. The molecule has 1 unspecified atom stereocenters. The van der Waals surface area contributed by atoms with Crippen molar-refractivity contribution in [2.24, 2.45) is 5.73 Å². The Hall–Kier alpha value is -0.0800. The SMILES string of the molecule is CCCCCCCCCCC(C)(N)O. The van der Waals surface area contributed by atoms with Crippen molar-refractivity contribution in [2.75, 3.05) is 0 Å². The van der Waals surface area contributed by atoms with Gasteiger partial charge in [0.1, 0.15) is 5.72 Å². The summed E-state index contributed by atoms with van der Waals surface area (Å²) in [4.78, 5) is 0. The van der Waals surface area contributed by atoms with E-state index in [1.165, 1.54) is 44.9 Å². The maximum atomic E-state index is 9.27. The van der Waals surface area contributed by atoms with Crippen molar-refractivity contribution in [1.29, 1.82) is 0 Å². The Balaban J connectivity index is 2.99. The van der Waals surface area contributed by atoms with Gasteiger partial charge in [0.15, 0.2) is 0 Å². The number of aliphatic hydroxyl groups is 1. The lowest BCUT2D eigenvalue weighted by Gasteiger charge is -2.16. The van der Waals surface area contributed by atoms with Gasteiger partial charge in [0.05, 0.1) is 0 Å². The molecule has 0 aromatic carbocycles. The highest BCUT2D eigenvalue weighted by Gasteiger charge is 2.10. The van der Waals surface area contributed by atoms with Gasteiger partial charge in [-0.15, -0.1) is 0 Å². The fourth-order valence-corrected chi connectivity index (χ4v) is 1.62. The molecule has 0 spiro atoms. The summed E-state index contributed by atoms with van der Waals surface area (Å²) >= 11 is 0. The molecule has 2 heteroatoms. The fraction of sp³-hybridized carbons (Fsp3) is 1.00. The Morgan fingerprint density at radius 2 is 1.36 bits per heavy atom. The van der Waals surface area contributed by atoms with Crippen molar-refractivity contribution in [3.05, 3.63) is 0 Å². The number of unbranched alkanes of at least 4 members (excludes halogenated alkanes) is 7. The first-order valence-electron chi connectivity index (χ1n) is 6.07. The molecule has 1 atom stereocenters. The topological polar surface area (TPSA) is 46.2 Å². The van der Waals surface area contributed by atoms with Crippen molar-refractivity contribution >= 4 is 0 Å². The maximum Gasteiger partial charge on any atom is 0.110 e. The highest BCUT2D eigenvalue weighted by Crippen LogP contribution is 2.12. The van der Waals surface area contributed by atoms with E-state index < -0.39 is 5.72 Å². The van der Waals surface area contributed by atoms with Crippen LogP contribution in [-0.4, -0.2) is 10.8 Å². The third kappa shape index (κ3) is 11.9. The monoisotopic (exact) mass is 201 g/mol. The molecule has 0 saturated carbocycles. The van der Waals surface area contributed by atoms with Crippen molar-refractivity contribution < 1.29 is 5.11 Å². The molecule has 0 amide bonds. The lowest BCUT2D eigenvalue weighted by Crippen LogP contribution is -2.35. The molecule has 0 aromatic heterocycles. The van der Waals surface area contributed by atoms with Crippen molar-refractivity contribution in [3.8, 4) is 0 Å². The molecule has 2 nitrogen and oxygen atoms in total. The molecule has 0 radical (unpaired) electrons. The molecule has 0 rings (SSSR count). The van der Waals surface area contributed by atoms with Crippen LogP contribution in [0.5, 0.6) is 0 Å². The fourth-order valence-electron chi connectivity index (χ4n) is 1.62. The second kappa shape index (κ2) is 8.25. The molecular weight excluding hydrogens is 174 g/mol. The van der Waals surface area contributed by atoms with E-state index in [2.05, 4.69) is 6.92 Å². The van der Waals surface area contributed by atoms with Gasteiger partial charge in [0, 0.05) is 0 Å². The summed E-state index contributed by atoms with van der Waals surface area (Å²) in [6, 6.07) is 0. The number of nitrogens with two attached hydrogens (primary N) is 1. The minimum Gasteiger partial charge on any atom is -0.376 e. The van der Waals surface area contributed by atoms with Crippen LogP contribution in [0.15, 0.2) is 0 Å². The average molecular weight is 201 g/mol. The maximum absolute atomic E-state index is 9.27. The van der Waals surface area contributed by atoms with Gasteiger partial charge < -0.3 is 10.8 Å². The zero-order valence-electron chi connectivity index (χ0n) is 9.89. The number of rotatable bonds is 9. The molecule has 0 saturated heterocycles. The van der Waals surface area contributed by atoms with Gasteiger partial charge in [0.2, 0.25) is 0 Å². The lowest BCUT2D eigenvalue weighted by atomic mass is 10.0. The van der Waals surface area contributed by atoms with Crippen molar-refractivity contribution in [1.82, 2.24) is 0 Å². The Kier molecular flexibility index (Phi) is 8.20. The minimum atomic E-state index is -0.956. The van der Waals surface area contributed by atoms with Crippen LogP contribution in [0.25, 0.3) is 0 Å². The van der Waals surface area contributed by atoms with Gasteiger partial charge in [-0.05, 0) is 19.8 Å². The first-order chi connectivity index (χ1) is 6.56. The summed E-state index contributed by atoms with van der Waals surface area (Å²) in [7, 11) is 0. The molecule has 0 heterocycles. The molecule has 0 fully saturated rings. The molecule has 14 heavy (non-hydrogen) atoms. The van der Waals surface area contributed by atoms with Crippen LogP contribution >= 0.6 is 0 Å². The van der Waals surface area contributed by atoms with E-state index in [1.807, 2.05) is 0 Å². The highest BCUT2D eigenvalue weighted by atomic mass is 16.3. The molecule has 0 aliphatic carbocycles. The Labute approximate surface area is 88.9 Å². The van der Waals surface area contributed by atoms with Crippen LogP contribution in [0.1, 0.15) is 71.6 Å².